The van der Waals surface area contributed by atoms with Crippen LogP contribution >= 0.6 is 0 Å². The van der Waals surface area contributed by atoms with Crippen LogP contribution in [-0.2, 0) is 9.53 Å². The average Bonchev–Trinajstić information content (AvgIpc) is 2.73. The minimum absolute atomic E-state index is 0.225. The minimum Gasteiger partial charge on any atom is -0.378 e. The number of hydrogen-bond acceptors (Lipinski definition) is 4. The number of morpholine rings is 1. The summed E-state index contributed by atoms with van der Waals surface area (Å²) in [6, 6.07) is 17.0. The molecule has 1 aliphatic rings. The highest BCUT2D eigenvalue weighted by Gasteiger charge is 2.11. The van der Waals surface area contributed by atoms with Crippen molar-refractivity contribution >= 4 is 34.3 Å². The lowest BCUT2D eigenvalue weighted by Crippen LogP contribution is -2.36. The zero-order valence-corrected chi connectivity index (χ0v) is 15.4. The molecule has 1 fully saturated rings. The SMILES string of the molecule is O=C(/C=C/c1cc2ccccc2[nH]c1=O)Nc1cccc(N2CCOCC2)c1. The van der Waals surface area contributed by atoms with Crippen molar-refractivity contribution < 1.29 is 9.53 Å². The van der Waals surface area contributed by atoms with Crippen molar-refractivity contribution in [3.63, 3.8) is 0 Å². The van der Waals surface area contributed by atoms with Crippen molar-refractivity contribution in [2.75, 3.05) is 36.5 Å². The van der Waals surface area contributed by atoms with Crippen LogP contribution in [0.5, 0.6) is 0 Å². The Morgan fingerprint density at radius 3 is 2.75 bits per heavy atom. The number of hydrogen-bond donors (Lipinski definition) is 2. The molecule has 2 aromatic carbocycles. The van der Waals surface area contributed by atoms with Gasteiger partial charge in [0, 0.05) is 41.6 Å². The third-order valence-electron chi connectivity index (χ3n) is 4.69. The predicted octanol–water partition coefficient (Wildman–Crippen LogP) is 3.02. The molecule has 2 heterocycles. The summed E-state index contributed by atoms with van der Waals surface area (Å²) in [4.78, 5) is 29.5. The van der Waals surface area contributed by atoms with E-state index in [0.717, 1.165) is 29.7 Å². The molecule has 0 radical (unpaired) electrons. The van der Waals surface area contributed by atoms with E-state index in [4.69, 9.17) is 4.74 Å². The third-order valence-corrected chi connectivity index (χ3v) is 4.69. The highest BCUT2D eigenvalue weighted by molar-refractivity contribution is 6.02. The van der Waals surface area contributed by atoms with Crippen LogP contribution in [0.2, 0.25) is 0 Å². The Labute approximate surface area is 162 Å². The first-order chi connectivity index (χ1) is 13.7. The standard InChI is InChI=1S/C22H21N3O3/c26-21(9-8-17-14-16-4-1-2-7-20(16)24-22(17)27)23-18-5-3-6-19(15-18)25-10-12-28-13-11-25/h1-9,14-15H,10-13H2,(H,23,26)(H,24,27)/b9-8+. The maximum Gasteiger partial charge on any atom is 0.255 e. The third kappa shape index (κ3) is 4.13. The smallest absolute Gasteiger partial charge is 0.255 e. The fourth-order valence-corrected chi connectivity index (χ4v) is 3.24. The number of ether oxygens (including phenoxy) is 1. The quantitative estimate of drug-likeness (QED) is 0.688. The number of anilines is 2. The first-order valence-corrected chi connectivity index (χ1v) is 9.23. The molecule has 0 aliphatic carbocycles. The molecule has 0 atom stereocenters. The zero-order chi connectivity index (χ0) is 19.3. The maximum atomic E-state index is 12.3. The van der Waals surface area contributed by atoms with Gasteiger partial charge < -0.3 is 19.9 Å². The molecule has 1 saturated heterocycles. The number of pyridine rings is 1. The van der Waals surface area contributed by atoms with Crippen molar-refractivity contribution in [2.45, 2.75) is 0 Å². The summed E-state index contributed by atoms with van der Waals surface area (Å²) in [7, 11) is 0. The number of carbonyl (C=O) groups excluding carboxylic acids is 1. The predicted molar refractivity (Wildman–Crippen MR) is 112 cm³/mol. The van der Waals surface area contributed by atoms with Gasteiger partial charge in [-0.2, -0.15) is 0 Å². The number of benzene rings is 2. The number of nitrogens with one attached hydrogen (secondary N) is 2. The molecule has 1 aromatic heterocycles. The number of carbonyl (C=O) groups is 1. The molecule has 4 rings (SSSR count). The number of H-pyrrole nitrogens is 1. The van der Waals surface area contributed by atoms with Gasteiger partial charge in [0.1, 0.15) is 0 Å². The van der Waals surface area contributed by atoms with Crippen molar-refractivity contribution in [3.05, 3.63) is 76.6 Å². The van der Waals surface area contributed by atoms with Crippen LogP contribution in [0.3, 0.4) is 0 Å². The number of aromatic nitrogens is 1. The summed E-state index contributed by atoms with van der Waals surface area (Å²) < 4.78 is 5.38. The van der Waals surface area contributed by atoms with E-state index in [1.165, 1.54) is 12.2 Å². The van der Waals surface area contributed by atoms with Gasteiger partial charge in [-0.05, 0) is 41.8 Å². The maximum absolute atomic E-state index is 12.3. The Kier molecular flexibility index (Phi) is 5.21. The molecule has 28 heavy (non-hydrogen) atoms. The molecule has 0 spiro atoms. The normalized spacial score (nSPS) is 14.5. The van der Waals surface area contributed by atoms with Crippen LogP contribution in [0, 0.1) is 0 Å². The lowest BCUT2D eigenvalue weighted by molar-refractivity contribution is -0.111. The van der Waals surface area contributed by atoms with E-state index in [1.54, 1.807) is 6.07 Å². The molecule has 0 unspecified atom stereocenters. The van der Waals surface area contributed by atoms with E-state index in [-0.39, 0.29) is 11.5 Å². The summed E-state index contributed by atoms with van der Waals surface area (Å²) in [5.41, 5.74) is 2.75. The lowest BCUT2D eigenvalue weighted by Gasteiger charge is -2.29. The molecule has 1 amide bonds. The van der Waals surface area contributed by atoms with Gasteiger partial charge in [0.25, 0.3) is 5.56 Å². The summed E-state index contributed by atoms with van der Waals surface area (Å²) in [6.45, 7) is 3.09. The van der Waals surface area contributed by atoms with E-state index in [1.807, 2.05) is 48.5 Å². The number of nitrogens with zero attached hydrogens (tertiary/aromatic N) is 1. The summed E-state index contributed by atoms with van der Waals surface area (Å²) in [5.74, 6) is -0.285. The second-order valence-electron chi connectivity index (χ2n) is 6.61. The molecular formula is C22H21N3O3. The van der Waals surface area contributed by atoms with Gasteiger partial charge >= 0.3 is 0 Å². The molecule has 1 aliphatic heterocycles. The molecular weight excluding hydrogens is 354 g/mol. The van der Waals surface area contributed by atoms with Gasteiger partial charge in [0.15, 0.2) is 0 Å². The van der Waals surface area contributed by atoms with Crippen LogP contribution < -0.4 is 15.8 Å². The largest absolute Gasteiger partial charge is 0.378 e. The van der Waals surface area contributed by atoms with Gasteiger partial charge in [-0.25, -0.2) is 0 Å². The second-order valence-corrected chi connectivity index (χ2v) is 6.61. The second kappa shape index (κ2) is 8.10. The first-order valence-electron chi connectivity index (χ1n) is 9.23. The van der Waals surface area contributed by atoms with Crippen LogP contribution in [0.4, 0.5) is 11.4 Å². The summed E-state index contributed by atoms with van der Waals surface area (Å²) in [5, 5.41) is 3.77. The molecule has 6 nitrogen and oxygen atoms in total. The van der Waals surface area contributed by atoms with Gasteiger partial charge in [0.05, 0.1) is 13.2 Å². The monoisotopic (exact) mass is 375 g/mol. The number of rotatable bonds is 4. The van der Waals surface area contributed by atoms with Gasteiger partial charge in [0.2, 0.25) is 5.91 Å². The van der Waals surface area contributed by atoms with Crippen molar-refractivity contribution in [1.29, 1.82) is 0 Å². The van der Waals surface area contributed by atoms with Crippen molar-refractivity contribution in [2.24, 2.45) is 0 Å². The fraction of sp³-hybridized carbons (Fsp3) is 0.182. The highest BCUT2D eigenvalue weighted by atomic mass is 16.5. The van der Waals surface area contributed by atoms with Gasteiger partial charge in [-0.3, -0.25) is 9.59 Å². The molecule has 2 N–H and O–H groups in total. The van der Waals surface area contributed by atoms with E-state index in [9.17, 15) is 9.59 Å². The Balaban J connectivity index is 1.47. The number of para-hydroxylation sites is 1. The first kappa shape index (κ1) is 18.0. The highest BCUT2D eigenvalue weighted by Crippen LogP contribution is 2.20. The fourth-order valence-electron chi connectivity index (χ4n) is 3.24. The molecule has 3 aromatic rings. The van der Waals surface area contributed by atoms with E-state index in [2.05, 4.69) is 15.2 Å². The van der Waals surface area contributed by atoms with E-state index >= 15 is 0 Å². The molecule has 142 valence electrons. The van der Waals surface area contributed by atoms with E-state index in [0.29, 0.717) is 24.5 Å². The molecule has 0 bridgehead atoms. The van der Waals surface area contributed by atoms with Crippen LogP contribution in [0.15, 0.2) is 65.5 Å². The number of amides is 1. The lowest BCUT2D eigenvalue weighted by atomic mass is 10.1. The minimum atomic E-state index is -0.285. The summed E-state index contributed by atoms with van der Waals surface area (Å²) >= 11 is 0. The number of aromatic amines is 1. The average molecular weight is 375 g/mol. The zero-order valence-electron chi connectivity index (χ0n) is 15.4. The van der Waals surface area contributed by atoms with Crippen LogP contribution in [0.1, 0.15) is 5.56 Å². The van der Waals surface area contributed by atoms with Crippen molar-refractivity contribution in [3.8, 4) is 0 Å². The Morgan fingerprint density at radius 1 is 1.07 bits per heavy atom. The summed E-state index contributed by atoms with van der Waals surface area (Å²) in [6.07, 6.45) is 2.91. The Hall–Kier alpha value is -3.38. The topological polar surface area (TPSA) is 74.4 Å². The number of fused-ring (bicyclic) bond motifs is 1. The van der Waals surface area contributed by atoms with Crippen LogP contribution in [0.25, 0.3) is 17.0 Å². The molecule has 0 saturated carbocycles. The molecule has 6 heteroatoms. The van der Waals surface area contributed by atoms with Gasteiger partial charge in [-0.1, -0.05) is 24.3 Å². The van der Waals surface area contributed by atoms with E-state index < -0.39 is 0 Å². The van der Waals surface area contributed by atoms with Crippen LogP contribution in [-0.4, -0.2) is 37.2 Å². The Morgan fingerprint density at radius 2 is 1.89 bits per heavy atom. The Bertz CT molecular complexity index is 1080. The van der Waals surface area contributed by atoms with Crippen molar-refractivity contribution in [1.82, 2.24) is 4.98 Å². The van der Waals surface area contributed by atoms with Gasteiger partial charge in [-0.15, -0.1) is 0 Å².